The van der Waals surface area contributed by atoms with E-state index >= 15 is 0 Å². The van der Waals surface area contributed by atoms with Gasteiger partial charge in [0.05, 0.1) is 0 Å². The zero-order valence-electron chi connectivity index (χ0n) is 14.2. The molecule has 21 heavy (non-hydrogen) atoms. The number of hydrogen-bond donors (Lipinski definition) is 1. The molecule has 1 fully saturated rings. The van der Waals surface area contributed by atoms with Crippen LogP contribution in [0, 0.1) is 5.92 Å². The van der Waals surface area contributed by atoms with Crippen molar-refractivity contribution in [2.45, 2.75) is 65.1 Å². The second-order valence-corrected chi connectivity index (χ2v) is 7.00. The fraction of sp³-hybridized carbons (Fsp3) is 0.684. The first-order chi connectivity index (χ1) is 10.1. The molecule has 1 aromatic rings. The maximum Gasteiger partial charge on any atom is 0.0476 e. The summed E-state index contributed by atoms with van der Waals surface area (Å²) in [6.07, 6.45) is 3.83. The van der Waals surface area contributed by atoms with Crippen LogP contribution in [-0.2, 0) is 0 Å². The molecule has 0 spiro atoms. The molecule has 0 bridgehead atoms. The smallest absolute Gasteiger partial charge is 0.0476 e. The standard InChI is InChI=1S/C19H32N2/c1-5-9-16(4)21-14-18(12-15(2)3)20-13-19(21)17-10-7-6-8-11-17/h6-8,10-11,15-16,18-20H,5,9,12-14H2,1-4H3. The first-order valence-electron chi connectivity index (χ1n) is 8.65. The maximum absolute atomic E-state index is 3.78. The Labute approximate surface area is 130 Å². The van der Waals surface area contributed by atoms with Crippen molar-refractivity contribution in [3.8, 4) is 0 Å². The van der Waals surface area contributed by atoms with E-state index in [0.29, 0.717) is 18.1 Å². The number of rotatable bonds is 6. The van der Waals surface area contributed by atoms with Gasteiger partial charge in [-0.15, -0.1) is 0 Å². The summed E-state index contributed by atoms with van der Waals surface area (Å²) in [6, 6.07) is 12.8. The number of nitrogens with zero attached hydrogens (tertiary/aromatic N) is 1. The van der Waals surface area contributed by atoms with Gasteiger partial charge < -0.3 is 5.32 Å². The van der Waals surface area contributed by atoms with Crippen LogP contribution in [0.2, 0.25) is 0 Å². The Morgan fingerprint density at radius 3 is 2.52 bits per heavy atom. The van der Waals surface area contributed by atoms with Crippen molar-refractivity contribution in [3.63, 3.8) is 0 Å². The minimum absolute atomic E-state index is 0.524. The normalized spacial score (nSPS) is 25.2. The minimum atomic E-state index is 0.524. The lowest BCUT2D eigenvalue weighted by atomic mass is 9.94. The van der Waals surface area contributed by atoms with E-state index in [1.807, 2.05) is 0 Å². The molecule has 0 aromatic heterocycles. The van der Waals surface area contributed by atoms with Crippen molar-refractivity contribution < 1.29 is 0 Å². The number of benzene rings is 1. The van der Waals surface area contributed by atoms with Crippen molar-refractivity contribution in [2.24, 2.45) is 5.92 Å². The van der Waals surface area contributed by atoms with Crippen molar-refractivity contribution in [1.82, 2.24) is 10.2 Å². The lowest BCUT2D eigenvalue weighted by molar-refractivity contribution is 0.0782. The lowest BCUT2D eigenvalue weighted by Crippen LogP contribution is -2.55. The Hall–Kier alpha value is -0.860. The number of piperazine rings is 1. The molecule has 1 saturated heterocycles. The van der Waals surface area contributed by atoms with E-state index in [1.165, 1.54) is 31.4 Å². The van der Waals surface area contributed by atoms with Gasteiger partial charge in [0.25, 0.3) is 0 Å². The lowest BCUT2D eigenvalue weighted by Gasteiger charge is -2.44. The summed E-state index contributed by atoms with van der Waals surface area (Å²) < 4.78 is 0. The molecule has 1 aliphatic rings. The van der Waals surface area contributed by atoms with Crippen molar-refractivity contribution in [1.29, 1.82) is 0 Å². The largest absolute Gasteiger partial charge is 0.311 e. The van der Waals surface area contributed by atoms with E-state index in [2.05, 4.69) is 68.2 Å². The van der Waals surface area contributed by atoms with Crippen LogP contribution in [-0.4, -0.2) is 30.1 Å². The van der Waals surface area contributed by atoms with Crippen LogP contribution in [0.1, 0.15) is 58.6 Å². The van der Waals surface area contributed by atoms with E-state index < -0.39 is 0 Å². The van der Waals surface area contributed by atoms with Crippen molar-refractivity contribution in [2.75, 3.05) is 13.1 Å². The predicted octanol–water partition coefficient (Wildman–Crippen LogP) is 4.24. The number of hydrogen-bond acceptors (Lipinski definition) is 2. The van der Waals surface area contributed by atoms with Gasteiger partial charge in [-0.2, -0.15) is 0 Å². The number of nitrogens with one attached hydrogen (secondary N) is 1. The van der Waals surface area contributed by atoms with E-state index in [9.17, 15) is 0 Å². The molecule has 3 atom stereocenters. The first-order valence-corrected chi connectivity index (χ1v) is 8.65. The van der Waals surface area contributed by atoms with Crippen molar-refractivity contribution >= 4 is 0 Å². The molecule has 3 unspecified atom stereocenters. The Balaban J connectivity index is 2.12. The Morgan fingerprint density at radius 2 is 1.90 bits per heavy atom. The van der Waals surface area contributed by atoms with Gasteiger partial charge in [-0.3, -0.25) is 4.90 Å². The molecule has 2 rings (SSSR count). The molecular weight excluding hydrogens is 256 g/mol. The second-order valence-electron chi connectivity index (χ2n) is 7.00. The molecule has 1 aliphatic heterocycles. The van der Waals surface area contributed by atoms with Gasteiger partial charge >= 0.3 is 0 Å². The van der Waals surface area contributed by atoms with Crippen LogP contribution in [0.3, 0.4) is 0 Å². The molecule has 1 heterocycles. The summed E-state index contributed by atoms with van der Waals surface area (Å²) in [5.41, 5.74) is 1.45. The summed E-state index contributed by atoms with van der Waals surface area (Å²) >= 11 is 0. The summed E-state index contributed by atoms with van der Waals surface area (Å²) in [5, 5.41) is 3.78. The van der Waals surface area contributed by atoms with Gasteiger partial charge in [0, 0.05) is 31.2 Å². The van der Waals surface area contributed by atoms with Gasteiger partial charge in [0.1, 0.15) is 0 Å². The molecule has 0 aliphatic carbocycles. The maximum atomic E-state index is 3.78. The summed E-state index contributed by atoms with van der Waals surface area (Å²) in [4.78, 5) is 2.74. The van der Waals surface area contributed by atoms with E-state index in [-0.39, 0.29) is 0 Å². The molecule has 1 aromatic carbocycles. The van der Waals surface area contributed by atoms with Gasteiger partial charge in [-0.1, -0.05) is 57.5 Å². The van der Waals surface area contributed by atoms with E-state index in [0.717, 1.165) is 12.5 Å². The Morgan fingerprint density at radius 1 is 1.19 bits per heavy atom. The van der Waals surface area contributed by atoms with Gasteiger partial charge in [-0.05, 0) is 31.2 Å². The zero-order valence-corrected chi connectivity index (χ0v) is 14.2. The Bertz CT molecular complexity index is 401. The molecule has 1 N–H and O–H groups in total. The Kier molecular flexibility index (Phi) is 6.25. The van der Waals surface area contributed by atoms with Gasteiger partial charge in [0.15, 0.2) is 0 Å². The average Bonchev–Trinajstić information content (AvgIpc) is 2.48. The highest BCUT2D eigenvalue weighted by molar-refractivity contribution is 5.20. The third kappa shape index (κ3) is 4.55. The fourth-order valence-electron chi connectivity index (χ4n) is 3.62. The highest BCUT2D eigenvalue weighted by atomic mass is 15.3. The summed E-state index contributed by atoms with van der Waals surface area (Å²) in [7, 11) is 0. The van der Waals surface area contributed by atoms with E-state index in [1.54, 1.807) is 0 Å². The SMILES string of the molecule is CCCC(C)N1CC(CC(C)C)NCC1c1ccccc1. The van der Waals surface area contributed by atoms with Crippen LogP contribution in [0.25, 0.3) is 0 Å². The monoisotopic (exact) mass is 288 g/mol. The second kappa shape index (κ2) is 7.95. The van der Waals surface area contributed by atoms with Crippen LogP contribution in [0.5, 0.6) is 0 Å². The minimum Gasteiger partial charge on any atom is -0.311 e. The fourth-order valence-corrected chi connectivity index (χ4v) is 3.62. The summed E-state index contributed by atoms with van der Waals surface area (Å²) in [6.45, 7) is 11.6. The third-order valence-electron chi connectivity index (χ3n) is 4.64. The van der Waals surface area contributed by atoms with Crippen LogP contribution < -0.4 is 5.32 Å². The first kappa shape index (κ1) is 16.5. The molecule has 2 nitrogen and oxygen atoms in total. The molecule has 0 amide bonds. The van der Waals surface area contributed by atoms with Crippen LogP contribution in [0.15, 0.2) is 30.3 Å². The molecule has 0 radical (unpaired) electrons. The zero-order chi connectivity index (χ0) is 15.2. The van der Waals surface area contributed by atoms with E-state index in [4.69, 9.17) is 0 Å². The molecule has 0 saturated carbocycles. The highest BCUT2D eigenvalue weighted by Gasteiger charge is 2.31. The molecule has 2 heteroatoms. The summed E-state index contributed by atoms with van der Waals surface area (Å²) in [5.74, 6) is 0.763. The highest BCUT2D eigenvalue weighted by Crippen LogP contribution is 2.28. The van der Waals surface area contributed by atoms with Crippen LogP contribution in [0.4, 0.5) is 0 Å². The van der Waals surface area contributed by atoms with Gasteiger partial charge in [0.2, 0.25) is 0 Å². The average molecular weight is 288 g/mol. The topological polar surface area (TPSA) is 15.3 Å². The van der Waals surface area contributed by atoms with Crippen molar-refractivity contribution in [3.05, 3.63) is 35.9 Å². The van der Waals surface area contributed by atoms with Gasteiger partial charge in [-0.25, -0.2) is 0 Å². The molecular formula is C19H32N2. The third-order valence-corrected chi connectivity index (χ3v) is 4.64. The quantitative estimate of drug-likeness (QED) is 0.842. The predicted molar refractivity (Wildman–Crippen MR) is 91.5 cm³/mol. The van der Waals surface area contributed by atoms with Crippen LogP contribution >= 0.6 is 0 Å². The molecule has 118 valence electrons.